The van der Waals surface area contributed by atoms with Crippen LogP contribution in [0, 0.1) is 13.8 Å². The van der Waals surface area contributed by atoms with Crippen molar-refractivity contribution in [3.05, 3.63) is 71.3 Å². The van der Waals surface area contributed by atoms with Gasteiger partial charge in [-0.1, -0.05) is 6.07 Å². The summed E-state index contributed by atoms with van der Waals surface area (Å²) in [6.45, 7) is 7.10. The highest BCUT2D eigenvalue weighted by Gasteiger charge is 2.42. The lowest BCUT2D eigenvalue weighted by atomic mass is 9.96. The van der Waals surface area contributed by atoms with Crippen LogP contribution in [0.1, 0.15) is 41.7 Å². The van der Waals surface area contributed by atoms with E-state index in [1.807, 2.05) is 36.4 Å². The van der Waals surface area contributed by atoms with Crippen LogP contribution < -0.4 is 20.3 Å². The molecule has 1 fully saturated rings. The number of amides is 1. The molecule has 2 N–H and O–H groups in total. The van der Waals surface area contributed by atoms with Crippen LogP contribution in [0.25, 0.3) is 0 Å². The van der Waals surface area contributed by atoms with Crippen LogP contribution in [0.15, 0.2) is 48.7 Å². The summed E-state index contributed by atoms with van der Waals surface area (Å²) in [4.78, 5) is 18.6. The van der Waals surface area contributed by atoms with E-state index in [4.69, 9.17) is 21.7 Å². The third-order valence-corrected chi connectivity index (χ3v) is 6.64. The number of benzene rings is 1. The van der Waals surface area contributed by atoms with Crippen molar-refractivity contribution in [2.24, 2.45) is 0 Å². The van der Waals surface area contributed by atoms with Crippen molar-refractivity contribution >= 4 is 34.6 Å². The van der Waals surface area contributed by atoms with Crippen molar-refractivity contribution in [2.45, 2.75) is 39.4 Å². The normalized spacial score (nSPS) is 17.4. The average Bonchev–Trinajstić information content (AvgIpc) is 3.33. The van der Waals surface area contributed by atoms with Gasteiger partial charge in [-0.15, -0.1) is 0 Å². The molecule has 0 bridgehead atoms. The molecule has 4 rings (SSSR count). The van der Waals surface area contributed by atoms with Crippen LogP contribution in [0.5, 0.6) is 5.75 Å². The van der Waals surface area contributed by atoms with E-state index in [1.165, 1.54) is 6.92 Å². The Bertz CT molecular complexity index is 1230. The van der Waals surface area contributed by atoms with E-state index in [9.17, 15) is 4.79 Å². The van der Waals surface area contributed by atoms with Crippen molar-refractivity contribution in [3.8, 4) is 5.75 Å². The number of aryl methyl sites for hydroxylation is 1. The molecule has 0 aliphatic carbocycles. The predicted molar refractivity (Wildman–Crippen MR) is 141 cm³/mol. The van der Waals surface area contributed by atoms with E-state index in [0.29, 0.717) is 23.2 Å². The quantitative estimate of drug-likeness (QED) is 0.453. The highest BCUT2D eigenvalue weighted by molar-refractivity contribution is 7.80. The van der Waals surface area contributed by atoms with Gasteiger partial charge in [-0.05, 0) is 68.0 Å². The first-order valence-electron chi connectivity index (χ1n) is 11.5. The largest absolute Gasteiger partial charge is 0.495 e. The minimum atomic E-state index is -0.174. The monoisotopic (exact) mass is 493 g/mol. The van der Waals surface area contributed by atoms with Crippen molar-refractivity contribution in [1.29, 1.82) is 0 Å². The van der Waals surface area contributed by atoms with Crippen LogP contribution in [-0.2, 0) is 16.1 Å². The molecular formula is C26H31N5O3S. The number of hydrogen-bond acceptors (Lipinski definition) is 5. The zero-order chi connectivity index (χ0) is 25.1. The van der Waals surface area contributed by atoms with Gasteiger partial charge in [-0.2, -0.15) is 0 Å². The number of carbonyl (C=O) groups excluding carboxylic acids is 1. The van der Waals surface area contributed by atoms with Crippen molar-refractivity contribution < 1.29 is 14.3 Å². The topological polar surface area (TPSA) is 80.7 Å². The van der Waals surface area contributed by atoms with E-state index in [-0.39, 0.29) is 18.0 Å². The Labute approximate surface area is 211 Å². The highest BCUT2D eigenvalue weighted by atomic mass is 32.1. The van der Waals surface area contributed by atoms with Gasteiger partial charge >= 0.3 is 0 Å². The number of thiocarbonyl (C=S) groups is 1. The minimum Gasteiger partial charge on any atom is -0.495 e. The predicted octanol–water partition coefficient (Wildman–Crippen LogP) is 4.29. The standard InChI is InChI=1S/C26H31N5O3S/c1-16-14-20(17(2)30(16)12-13-33-4)25-24(21-8-6-7-11-27-21)29-26(35)31(25)19-9-10-23(34-5)22(15-19)28-18(3)32/h6-11,14-15,24-25H,12-13H2,1-5H3,(H,28,32)(H,29,35)/t24-,25+/m1/s1. The number of aromatic nitrogens is 2. The molecule has 35 heavy (non-hydrogen) atoms. The molecule has 0 saturated carbocycles. The van der Waals surface area contributed by atoms with Gasteiger partial charge < -0.3 is 29.6 Å². The number of ether oxygens (including phenoxy) is 2. The number of methoxy groups -OCH3 is 2. The second-order valence-electron chi connectivity index (χ2n) is 8.53. The molecule has 0 radical (unpaired) electrons. The van der Waals surface area contributed by atoms with Crippen LogP contribution >= 0.6 is 12.2 Å². The highest BCUT2D eigenvalue weighted by Crippen LogP contribution is 2.44. The summed E-state index contributed by atoms with van der Waals surface area (Å²) in [6, 6.07) is 13.5. The van der Waals surface area contributed by atoms with Crippen LogP contribution in [0.4, 0.5) is 11.4 Å². The summed E-state index contributed by atoms with van der Waals surface area (Å²) in [5, 5.41) is 6.95. The Morgan fingerprint density at radius 3 is 2.66 bits per heavy atom. The summed E-state index contributed by atoms with van der Waals surface area (Å²) < 4.78 is 13.1. The average molecular weight is 494 g/mol. The van der Waals surface area contributed by atoms with Gasteiger partial charge in [-0.25, -0.2) is 0 Å². The molecule has 2 aromatic heterocycles. The zero-order valence-electron chi connectivity index (χ0n) is 20.7. The molecule has 3 heterocycles. The fraction of sp³-hybridized carbons (Fsp3) is 0.346. The molecule has 1 aliphatic heterocycles. The molecule has 0 spiro atoms. The Kier molecular flexibility index (Phi) is 7.37. The summed E-state index contributed by atoms with van der Waals surface area (Å²) >= 11 is 5.86. The first kappa shape index (κ1) is 24.7. The smallest absolute Gasteiger partial charge is 0.221 e. The molecule has 184 valence electrons. The molecule has 9 heteroatoms. The Morgan fingerprint density at radius 1 is 1.20 bits per heavy atom. The Hall–Kier alpha value is -3.43. The first-order chi connectivity index (χ1) is 16.8. The number of nitrogens with one attached hydrogen (secondary N) is 2. The fourth-order valence-corrected chi connectivity index (χ4v) is 5.08. The molecule has 1 saturated heterocycles. The van der Waals surface area contributed by atoms with Crippen LogP contribution in [-0.4, -0.2) is 41.4 Å². The number of pyridine rings is 1. The molecule has 8 nitrogen and oxygen atoms in total. The lowest BCUT2D eigenvalue weighted by Gasteiger charge is -2.29. The number of nitrogens with zero attached hydrogens (tertiary/aromatic N) is 3. The first-order valence-corrected chi connectivity index (χ1v) is 11.9. The van der Waals surface area contributed by atoms with Gasteiger partial charge in [0, 0.05) is 43.9 Å². The van der Waals surface area contributed by atoms with E-state index in [0.717, 1.165) is 34.9 Å². The molecule has 0 unspecified atom stereocenters. The minimum absolute atomic E-state index is 0.154. The second-order valence-corrected chi connectivity index (χ2v) is 8.92. The summed E-state index contributed by atoms with van der Waals surface area (Å²) in [5.41, 5.74) is 5.79. The maximum atomic E-state index is 11.8. The van der Waals surface area contributed by atoms with E-state index < -0.39 is 0 Å². The van der Waals surface area contributed by atoms with Gasteiger partial charge in [-0.3, -0.25) is 9.78 Å². The fourth-order valence-electron chi connectivity index (χ4n) is 4.74. The van der Waals surface area contributed by atoms with Crippen LogP contribution in [0.3, 0.4) is 0 Å². The molecular weight excluding hydrogens is 462 g/mol. The van der Waals surface area contributed by atoms with Crippen molar-refractivity contribution in [2.75, 3.05) is 31.0 Å². The number of anilines is 2. The maximum Gasteiger partial charge on any atom is 0.221 e. The number of hydrogen-bond donors (Lipinski definition) is 2. The molecule has 3 aromatic rings. The molecule has 1 aromatic carbocycles. The molecule has 1 amide bonds. The van der Waals surface area contributed by atoms with E-state index in [1.54, 1.807) is 20.4 Å². The van der Waals surface area contributed by atoms with Gasteiger partial charge in [0.05, 0.1) is 37.2 Å². The summed E-state index contributed by atoms with van der Waals surface area (Å²) in [5.74, 6) is 0.407. The second kappa shape index (κ2) is 10.5. The maximum absolute atomic E-state index is 11.8. The third kappa shape index (κ3) is 4.87. The van der Waals surface area contributed by atoms with Gasteiger partial charge in [0.1, 0.15) is 5.75 Å². The summed E-state index contributed by atoms with van der Waals surface area (Å²) in [6.07, 6.45) is 1.80. The SMILES string of the molecule is COCCn1c(C)cc([C@H]2[C@@H](c3ccccn3)NC(=S)N2c2ccc(OC)c(NC(C)=O)c2)c1C. The van der Waals surface area contributed by atoms with Crippen molar-refractivity contribution in [3.63, 3.8) is 0 Å². The lowest BCUT2D eigenvalue weighted by molar-refractivity contribution is -0.114. The lowest BCUT2D eigenvalue weighted by Crippen LogP contribution is -2.29. The van der Waals surface area contributed by atoms with Crippen LogP contribution in [0.2, 0.25) is 0 Å². The number of carbonyl (C=O) groups is 1. The Balaban J connectivity index is 1.85. The van der Waals surface area contributed by atoms with E-state index >= 15 is 0 Å². The number of rotatable bonds is 8. The molecule has 1 aliphatic rings. The van der Waals surface area contributed by atoms with Gasteiger partial charge in [0.25, 0.3) is 0 Å². The third-order valence-electron chi connectivity index (χ3n) is 6.32. The summed E-state index contributed by atoms with van der Waals surface area (Å²) in [7, 11) is 3.29. The zero-order valence-corrected chi connectivity index (χ0v) is 21.5. The Morgan fingerprint density at radius 2 is 2.00 bits per heavy atom. The molecule has 2 atom stereocenters. The van der Waals surface area contributed by atoms with Gasteiger partial charge in [0.2, 0.25) is 5.91 Å². The van der Waals surface area contributed by atoms with E-state index in [2.05, 4.69) is 45.0 Å². The van der Waals surface area contributed by atoms with Crippen molar-refractivity contribution in [1.82, 2.24) is 14.9 Å². The van der Waals surface area contributed by atoms with Gasteiger partial charge in [0.15, 0.2) is 5.11 Å².